The van der Waals surface area contributed by atoms with Gasteiger partial charge in [0.25, 0.3) is 5.91 Å². The Morgan fingerprint density at radius 3 is 2.74 bits per heavy atom. The van der Waals surface area contributed by atoms with Crippen LogP contribution in [0.5, 0.6) is 0 Å². The smallest absolute Gasteiger partial charge is 0.263 e. The summed E-state index contributed by atoms with van der Waals surface area (Å²) in [7, 11) is 2.11. The van der Waals surface area contributed by atoms with Gasteiger partial charge in [0.05, 0.1) is 10.7 Å². The predicted molar refractivity (Wildman–Crippen MR) is 95.3 cm³/mol. The Morgan fingerprint density at radius 1 is 1.35 bits per heavy atom. The summed E-state index contributed by atoms with van der Waals surface area (Å²) < 4.78 is 0. The normalized spacial score (nSPS) is 16.5. The minimum Gasteiger partial charge on any atom is -0.348 e. The summed E-state index contributed by atoms with van der Waals surface area (Å²) in [5.41, 5.74) is 1.64. The van der Waals surface area contributed by atoms with E-state index in [0.717, 1.165) is 42.2 Å². The van der Waals surface area contributed by atoms with Crippen molar-refractivity contribution in [1.29, 1.82) is 0 Å². The fourth-order valence-corrected chi connectivity index (χ4v) is 4.05. The topological polar surface area (TPSA) is 45.2 Å². The zero-order valence-corrected chi connectivity index (χ0v) is 14.9. The molecule has 1 fully saturated rings. The molecule has 0 spiro atoms. The number of piperidine rings is 1. The van der Waals surface area contributed by atoms with Gasteiger partial charge in [-0.3, -0.25) is 4.79 Å². The Kier molecular flexibility index (Phi) is 4.99. The maximum Gasteiger partial charge on any atom is 0.263 e. The summed E-state index contributed by atoms with van der Waals surface area (Å²) in [6, 6.07) is 7.84. The third kappa shape index (κ3) is 3.74. The average molecular weight is 350 g/mol. The molecule has 1 aromatic carbocycles. The number of nitrogens with one attached hydrogen (secondary N) is 1. The van der Waals surface area contributed by atoms with E-state index < -0.39 is 0 Å². The fraction of sp³-hybridized carbons (Fsp3) is 0.412. The van der Waals surface area contributed by atoms with Crippen LogP contribution in [-0.4, -0.2) is 42.0 Å². The molecule has 3 rings (SSSR count). The number of nitrogens with zero attached hydrogens (tertiary/aromatic N) is 2. The van der Waals surface area contributed by atoms with Crippen molar-refractivity contribution in [2.75, 3.05) is 20.1 Å². The Hall–Kier alpha value is -1.43. The molecule has 1 amide bonds. The quantitative estimate of drug-likeness (QED) is 0.920. The minimum atomic E-state index is -0.0205. The maximum absolute atomic E-state index is 12.6. The number of thiazole rings is 1. The number of hydrogen-bond donors (Lipinski definition) is 1. The van der Waals surface area contributed by atoms with Crippen LogP contribution in [0.2, 0.25) is 5.02 Å². The van der Waals surface area contributed by atoms with Crippen LogP contribution in [0.3, 0.4) is 0 Å². The summed E-state index contributed by atoms with van der Waals surface area (Å²) in [6.07, 6.45) is 1.99. The average Bonchev–Trinajstić information content (AvgIpc) is 2.92. The number of benzene rings is 1. The van der Waals surface area contributed by atoms with Gasteiger partial charge in [-0.1, -0.05) is 29.8 Å². The van der Waals surface area contributed by atoms with Crippen LogP contribution in [0.4, 0.5) is 0 Å². The standard InChI is InChI=1S/C17H20ClN3OS/c1-11-15(16(22)20-12-7-9-21(2)10-8-12)23-17(19-11)13-5-3-4-6-14(13)18/h3-6,12H,7-10H2,1-2H3,(H,20,22). The third-order valence-corrected chi connectivity index (χ3v) is 5.68. The molecule has 1 N–H and O–H groups in total. The largest absolute Gasteiger partial charge is 0.348 e. The van der Waals surface area contributed by atoms with Crippen LogP contribution in [0, 0.1) is 6.92 Å². The molecule has 122 valence electrons. The van der Waals surface area contributed by atoms with Crippen molar-refractivity contribution < 1.29 is 4.79 Å². The minimum absolute atomic E-state index is 0.0205. The second-order valence-corrected chi connectivity index (χ2v) is 7.37. The van der Waals surface area contributed by atoms with E-state index in [-0.39, 0.29) is 11.9 Å². The molecule has 6 heteroatoms. The van der Waals surface area contributed by atoms with Crippen LogP contribution in [0.1, 0.15) is 28.2 Å². The number of rotatable bonds is 3. The number of aryl methyl sites for hydroxylation is 1. The molecule has 0 aliphatic carbocycles. The van der Waals surface area contributed by atoms with E-state index in [9.17, 15) is 4.79 Å². The first-order valence-corrected chi connectivity index (χ1v) is 8.96. The van der Waals surface area contributed by atoms with Gasteiger partial charge in [-0.2, -0.15) is 0 Å². The monoisotopic (exact) mass is 349 g/mol. The van der Waals surface area contributed by atoms with Crippen molar-refractivity contribution >= 4 is 28.8 Å². The molecule has 0 unspecified atom stereocenters. The van der Waals surface area contributed by atoms with E-state index in [1.54, 1.807) is 0 Å². The van der Waals surface area contributed by atoms with Gasteiger partial charge in [0, 0.05) is 11.6 Å². The Balaban J connectivity index is 1.76. The van der Waals surface area contributed by atoms with Gasteiger partial charge < -0.3 is 10.2 Å². The van der Waals surface area contributed by atoms with E-state index in [0.29, 0.717) is 9.90 Å². The lowest BCUT2D eigenvalue weighted by molar-refractivity contribution is 0.0920. The molecule has 0 radical (unpaired) electrons. The summed E-state index contributed by atoms with van der Waals surface area (Å²) >= 11 is 7.64. The van der Waals surface area contributed by atoms with Gasteiger partial charge in [0.1, 0.15) is 9.88 Å². The molecule has 0 saturated carbocycles. The summed E-state index contributed by atoms with van der Waals surface area (Å²) in [5.74, 6) is -0.0205. The lowest BCUT2D eigenvalue weighted by atomic mass is 10.1. The number of amides is 1. The van der Waals surface area contributed by atoms with Crippen molar-refractivity contribution in [3.05, 3.63) is 39.9 Å². The van der Waals surface area contributed by atoms with Gasteiger partial charge in [0.2, 0.25) is 0 Å². The van der Waals surface area contributed by atoms with E-state index in [4.69, 9.17) is 11.6 Å². The van der Waals surface area contributed by atoms with Crippen LogP contribution in [0.25, 0.3) is 10.6 Å². The molecular formula is C17H20ClN3OS. The molecule has 2 aromatic rings. The molecule has 1 saturated heterocycles. The molecular weight excluding hydrogens is 330 g/mol. The summed E-state index contributed by atoms with van der Waals surface area (Å²) in [4.78, 5) is 20.1. The highest BCUT2D eigenvalue weighted by atomic mass is 35.5. The molecule has 2 heterocycles. The number of halogens is 1. The Bertz CT molecular complexity index is 708. The summed E-state index contributed by atoms with van der Waals surface area (Å²) in [6.45, 7) is 3.93. The van der Waals surface area contributed by atoms with Crippen LogP contribution >= 0.6 is 22.9 Å². The molecule has 0 bridgehead atoms. The number of likely N-dealkylation sites (tertiary alicyclic amines) is 1. The number of carbonyl (C=O) groups is 1. The van der Waals surface area contributed by atoms with Crippen molar-refractivity contribution in [3.63, 3.8) is 0 Å². The molecule has 23 heavy (non-hydrogen) atoms. The van der Waals surface area contributed by atoms with Gasteiger partial charge in [-0.25, -0.2) is 4.98 Å². The fourth-order valence-electron chi connectivity index (χ4n) is 2.76. The maximum atomic E-state index is 12.6. The van der Waals surface area contributed by atoms with Crippen molar-refractivity contribution in [1.82, 2.24) is 15.2 Å². The third-order valence-electron chi connectivity index (χ3n) is 4.16. The van der Waals surface area contributed by atoms with Crippen molar-refractivity contribution in [3.8, 4) is 10.6 Å². The molecule has 1 aliphatic heterocycles. The lowest BCUT2D eigenvalue weighted by Crippen LogP contribution is -2.43. The van der Waals surface area contributed by atoms with Gasteiger partial charge in [0.15, 0.2) is 0 Å². The second kappa shape index (κ2) is 6.99. The number of carbonyl (C=O) groups excluding carboxylic acids is 1. The zero-order chi connectivity index (χ0) is 16.4. The van der Waals surface area contributed by atoms with Crippen LogP contribution in [0.15, 0.2) is 24.3 Å². The molecule has 0 atom stereocenters. The second-order valence-electron chi connectivity index (χ2n) is 5.96. The Labute approximate surface area is 145 Å². The molecule has 4 nitrogen and oxygen atoms in total. The lowest BCUT2D eigenvalue weighted by Gasteiger charge is -2.29. The van der Waals surface area contributed by atoms with Crippen LogP contribution in [-0.2, 0) is 0 Å². The first-order chi connectivity index (χ1) is 11.0. The highest BCUT2D eigenvalue weighted by molar-refractivity contribution is 7.17. The van der Waals surface area contributed by atoms with E-state index in [1.165, 1.54) is 11.3 Å². The highest BCUT2D eigenvalue weighted by Gasteiger charge is 2.22. The predicted octanol–water partition coefficient (Wildman–Crippen LogP) is 3.60. The van der Waals surface area contributed by atoms with E-state index in [2.05, 4.69) is 22.2 Å². The molecule has 1 aliphatic rings. The van der Waals surface area contributed by atoms with Gasteiger partial charge in [-0.05, 0) is 46.0 Å². The Morgan fingerprint density at radius 2 is 2.04 bits per heavy atom. The van der Waals surface area contributed by atoms with E-state index >= 15 is 0 Å². The van der Waals surface area contributed by atoms with Gasteiger partial charge in [-0.15, -0.1) is 11.3 Å². The zero-order valence-electron chi connectivity index (χ0n) is 13.3. The summed E-state index contributed by atoms with van der Waals surface area (Å²) in [5, 5.41) is 4.60. The number of aromatic nitrogens is 1. The van der Waals surface area contributed by atoms with Crippen molar-refractivity contribution in [2.45, 2.75) is 25.8 Å². The first kappa shape index (κ1) is 16.4. The van der Waals surface area contributed by atoms with E-state index in [1.807, 2.05) is 31.2 Å². The SMILES string of the molecule is Cc1nc(-c2ccccc2Cl)sc1C(=O)NC1CCN(C)CC1. The van der Waals surface area contributed by atoms with Crippen LogP contribution < -0.4 is 5.32 Å². The molecule has 1 aromatic heterocycles. The van der Waals surface area contributed by atoms with Gasteiger partial charge >= 0.3 is 0 Å². The first-order valence-electron chi connectivity index (χ1n) is 7.76. The van der Waals surface area contributed by atoms with Crippen molar-refractivity contribution in [2.24, 2.45) is 0 Å². The number of hydrogen-bond acceptors (Lipinski definition) is 4. The highest BCUT2D eigenvalue weighted by Crippen LogP contribution is 2.32.